The maximum absolute atomic E-state index is 18.4. The van der Waals surface area contributed by atoms with Crippen molar-refractivity contribution in [2.75, 3.05) is 9.80 Å². The molecule has 16 aromatic carbocycles. The SMILES string of the molecule is C=Cc1ccc(Oc2ccc(C3(c4cc(C)ccc4C)c4ccccc4-c4ccc(N(c5ccc6oc7ccc(N(c8ccc9c(c8)C(c8ccc(Oc%10ccc(C=C)cc%10)cc8)(c8cc(C)c(C)cc8C)c8ccccc8-9)c8cc(C)c(-c9ccc(F)cc9)cc8F)cc7c6c5)c5cc(F)c(-c6ccc(F)cc6)cc5F)cc43)cc2)cc1. The van der Waals surface area contributed by atoms with Gasteiger partial charge in [0.25, 0.3) is 0 Å². The Bertz CT molecular complexity index is 6910. The zero-order valence-electron chi connectivity index (χ0n) is 65.7. The van der Waals surface area contributed by atoms with Crippen LogP contribution in [0.2, 0.25) is 0 Å². The lowest BCUT2D eigenvalue weighted by Crippen LogP contribution is -2.30. The van der Waals surface area contributed by atoms with Crippen molar-refractivity contribution in [1.29, 1.82) is 0 Å². The van der Waals surface area contributed by atoms with Crippen LogP contribution in [-0.2, 0) is 10.8 Å². The standard InChI is InChI=1S/C108H77F5N2O3/c1-9-70-21-41-82(42-22-70)116-84-45-29-74(30-46-84)107(96-53-64(3)19-20-65(96)4)94-17-13-11-15-86(94)88-50-38-81(60-98(88)107)115(104-63-100(111)91(62-102(104)113)73-27-35-77(110)36-28-73)79-40-52-106-93(58-79)92-57-78(39-51-105(92)118-106)114(103-56-68(7)90(61-101(103)112)72-25-33-76(109)34-26-72)80-37-49-89-87-16-12-14-18-95(87)108(99(89)59-80,97-55-67(6)66(5)54-69(97)8)75-31-47-85(48-32-75)117-83-43-23-71(10-2)24-44-83/h9-63H,1-2H2,3-8H3. The summed E-state index contributed by atoms with van der Waals surface area (Å²) in [6.07, 6.45) is 3.59. The Labute approximate surface area is 682 Å². The van der Waals surface area contributed by atoms with Gasteiger partial charge in [0, 0.05) is 45.2 Å². The first-order chi connectivity index (χ1) is 57.3. The minimum atomic E-state index is -0.986. The number of benzene rings is 16. The molecule has 0 N–H and O–H groups in total. The predicted molar refractivity (Wildman–Crippen MR) is 470 cm³/mol. The third kappa shape index (κ3) is 12.4. The second-order valence-electron chi connectivity index (χ2n) is 31.0. The molecule has 0 saturated heterocycles. The van der Waals surface area contributed by atoms with Gasteiger partial charge in [-0.2, -0.15) is 0 Å². The van der Waals surface area contributed by atoms with Gasteiger partial charge in [0.2, 0.25) is 0 Å². The molecule has 118 heavy (non-hydrogen) atoms. The highest BCUT2D eigenvalue weighted by Gasteiger charge is 2.49. The summed E-state index contributed by atoms with van der Waals surface area (Å²) in [6, 6.07) is 101. The van der Waals surface area contributed by atoms with Gasteiger partial charge in [0.1, 0.15) is 63.3 Å². The van der Waals surface area contributed by atoms with Crippen LogP contribution in [0.1, 0.15) is 89.0 Å². The van der Waals surface area contributed by atoms with E-state index in [0.29, 0.717) is 84.4 Å². The van der Waals surface area contributed by atoms with Crippen molar-refractivity contribution in [2.45, 2.75) is 52.4 Å². The average molecular weight is 1550 g/mol. The topological polar surface area (TPSA) is 38.1 Å². The van der Waals surface area contributed by atoms with Gasteiger partial charge in [-0.1, -0.05) is 195 Å². The molecule has 10 heteroatoms. The van der Waals surface area contributed by atoms with Gasteiger partial charge in [0.15, 0.2) is 0 Å². The van der Waals surface area contributed by atoms with Crippen molar-refractivity contribution in [3.05, 3.63) is 453 Å². The lowest BCUT2D eigenvalue weighted by molar-refractivity contribution is 0.482. The van der Waals surface area contributed by atoms with Crippen LogP contribution in [0.25, 0.3) is 78.6 Å². The van der Waals surface area contributed by atoms with Crippen molar-refractivity contribution in [3.8, 4) is 67.5 Å². The molecule has 2 atom stereocenters. The summed E-state index contributed by atoms with van der Waals surface area (Å²) < 4.78 is 103. The van der Waals surface area contributed by atoms with E-state index in [0.717, 1.165) is 111 Å². The first kappa shape index (κ1) is 73.8. The van der Waals surface area contributed by atoms with E-state index in [1.807, 2.05) is 139 Å². The van der Waals surface area contributed by atoms with Crippen LogP contribution < -0.4 is 19.3 Å². The predicted octanol–water partition coefficient (Wildman–Crippen LogP) is 30.0. The first-order valence-corrected chi connectivity index (χ1v) is 39.4. The Hall–Kier alpha value is -14.4. The Morgan fingerprint density at radius 3 is 1.19 bits per heavy atom. The molecule has 0 bridgehead atoms. The highest BCUT2D eigenvalue weighted by molar-refractivity contribution is 6.09. The Morgan fingerprint density at radius 1 is 0.297 bits per heavy atom. The number of rotatable bonds is 18. The molecule has 1 aromatic heterocycles. The molecule has 0 amide bonds. The monoisotopic (exact) mass is 1540 g/mol. The lowest BCUT2D eigenvalue weighted by Gasteiger charge is -2.36. The molecular formula is C108H77F5N2O3. The molecule has 19 rings (SSSR count). The van der Waals surface area contributed by atoms with Gasteiger partial charge in [-0.15, -0.1) is 0 Å². The van der Waals surface area contributed by atoms with E-state index >= 15 is 13.2 Å². The molecule has 5 nitrogen and oxygen atoms in total. The molecule has 17 aromatic rings. The number of anilines is 6. The summed E-state index contributed by atoms with van der Waals surface area (Å²) in [5, 5.41) is 1.27. The Morgan fingerprint density at radius 2 is 0.703 bits per heavy atom. The van der Waals surface area contributed by atoms with Crippen LogP contribution in [0.4, 0.5) is 56.1 Å². The number of fused-ring (bicyclic) bond motifs is 9. The lowest BCUT2D eigenvalue weighted by atomic mass is 9.66. The Kier molecular flexibility index (Phi) is 18.3. The van der Waals surface area contributed by atoms with E-state index in [1.165, 1.54) is 54.6 Å². The average Bonchev–Trinajstić information content (AvgIpc) is 1.53. The van der Waals surface area contributed by atoms with Crippen LogP contribution in [0, 0.1) is 70.6 Å². The van der Waals surface area contributed by atoms with Gasteiger partial charge in [-0.25, -0.2) is 22.0 Å². The van der Waals surface area contributed by atoms with Gasteiger partial charge < -0.3 is 23.7 Å². The fourth-order valence-corrected chi connectivity index (χ4v) is 18.2. The number of ether oxygens (including phenoxy) is 2. The summed E-state index contributed by atoms with van der Waals surface area (Å²) in [4.78, 5) is 3.71. The van der Waals surface area contributed by atoms with E-state index in [-0.39, 0.29) is 16.9 Å². The molecule has 0 saturated carbocycles. The van der Waals surface area contributed by atoms with Gasteiger partial charge >= 0.3 is 0 Å². The van der Waals surface area contributed by atoms with Crippen molar-refractivity contribution >= 4 is 68.2 Å². The van der Waals surface area contributed by atoms with Crippen LogP contribution in [0.3, 0.4) is 0 Å². The van der Waals surface area contributed by atoms with E-state index in [1.54, 1.807) is 29.2 Å². The maximum atomic E-state index is 18.4. The normalized spacial score (nSPS) is 14.4. The molecule has 0 aliphatic heterocycles. The van der Waals surface area contributed by atoms with Crippen LogP contribution in [-0.4, -0.2) is 0 Å². The number of hydrogen-bond donors (Lipinski definition) is 0. The zero-order chi connectivity index (χ0) is 81.0. The third-order valence-corrected chi connectivity index (χ3v) is 24.0. The fourth-order valence-electron chi connectivity index (χ4n) is 18.2. The van der Waals surface area contributed by atoms with E-state index < -0.39 is 39.9 Å². The first-order valence-electron chi connectivity index (χ1n) is 39.4. The smallest absolute Gasteiger partial charge is 0.148 e. The zero-order valence-corrected chi connectivity index (χ0v) is 65.7. The van der Waals surface area contributed by atoms with Crippen molar-refractivity contribution in [3.63, 3.8) is 0 Å². The molecular weight excluding hydrogens is 1470 g/mol. The van der Waals surface area contributed by atoms with Crippen molar-refractivity contribution < 1.29 is 35.8 Å². The molecule has 0 radical (unpaired) electrons. The molecule has 572 valence electrons. The maximum Gasteiger partial charge on any atom is 0.148 e. The van der Waals surface area contributed by atoms with Crippen LogP contribution in [0.5, 0.6) is 23.0 Å². The van der Waals surface area contributed by atoms with E-state index in [4.69, 9.17) is 13.9 Å². The summed E-state index contributed by atoms with van der Waals surface area (Å²) >= 11 is 0. The molecule has 2 unspecified atom stereocenters. The summed E-state index contributed by atoms with van der Waals surface area (Å²) in [5.74, 6) is -0.283. The minimum absolute atomic E-state index is 0.0452. The number of aryl methyl sites for hydroxylation is 6. The number of halogens is 5. The Balaban J connectivity index is 0.812. The quantitative estimate of drug-likeness (QED) is 0.0801. The van der Waals surface area contributed by atoms with Crippen LogP contribution in [0.15, 0.2) is 339 Å². The summed E-state index contributed by atoms with van der Waals surface area (Å²) in [7, 11) is 0. The van der Waals surface area contributed by atoms with E-state index in [2.05, 4.69) is 175 Å². The van der Waals surface area contributed by atoms with E-state index in [9.17, 15) is 8.78 Å². The number of hydrogen-bond acceptors (Lipinski definition) is 5. The second-order valence-corrected chi connectivity index (χ2v) is 31.0. The minimum Gasteiger partial charge on any atom is -0.457 e. The highest BCUT2D eigenvalue weighted by Crippen LogP contribution is 2.61. The number of nitrogens with zero attached hydrogens (tertiary/aromatic N) is 2. The van der Waals surface area contributed by atoms with Crippen molar-refractivity contribution in [1.82, 2.24) is 0 Å². The highest BCUT2D eigenvalue weighted by atomic mass is 19.1. The van der Waals surface area contributed by atoms with Crippen LogP contribution >= 0.6 is 0 Å². The molecule has 0 spiro atoms. The molecule has 0 fully saturated rings. The molecule has 1 heterocycles. The van der Waals surface area contributed by atoms with Gasteiger partial charge in [-0.3, -0.25) is 0 Å². The van der Waals surface area contributed by atoms with Gasteiger partial charge in [-0.05, 0) is 316 Å². The largest absolute Gasteiger partial charge is 0.457 e. The molecule has 2 aliphatic carbocycles. The fraction of sp³-hybridized carbons (Fsp3) is 0.0741. The van der Waals surface area contributed by atoms with Gasteiger partial charge in [0.05, 0.1) is 22.2 Å². The molecule has 2 aliphatic rings. The second kappa shape index (κ2) is 29.2. The summed E-state index contributed by atoms with van der Waals surface area (Å²) in [6.45, 7) is 20.5. The third-order valence-electron chi connectivity index (χ3n) is 24.0. The van der Waals surface area contributed by atoms with Crippen molar-refractivity contribution in [2.24, 2.45) is 0 Å². The number of furan rings is 1. The summed E-state index contributed by atoms with van der Waals surface area (Å²) in [5.41, 5.74) is 23.1.